The van der Waals surface area contributed by atoms with Crippen LogP contribution in [0, 0.1) is 0 Å². The minimum atomic E-state index is -0.287. The molecule has 5 heteroatoms. The zero-order valence-corrected chi connectivity index (χ0v) is 44.7. The number of furan rings is 2. The van der Waals surface area contributed by atoms with Crippen molar-refractivity contribution in [2.24, 2.45) is 0 Å². The van der Waals surface area contributed by atoms with E-state index in [4.69, 9.17) is 8.83 Å². The van der Waals surface area contributed by atoms with Crippen LogP contribution in [-0.4, -0.2) is 6.85 Å². The van der Waals surface area contributed by atoms with Gasteiger partial charge in [0.1, 0.15) is 22.7 Å². The second kappa shape index (κ2) is 18.2. The minimum absolute atomic E-state index is 0.229. The zero-order valence-electron chi connectivity index (χ0n) is 44.7. The highest BCUT2D eigenvalue weighted by Crippen LogP contribution is 2.57. The number of para-hydroxylation sites is 1. The van der Waals surface area contributed by atoms with Crippen LogP contribution < -0.4 is 20.6 Å². The summed E-state index contributed by atoms with van der Waals surface area (Å²) in [5, 5.41) is 4.37. The fourth-order valence-electron chi connectivity index (χ4n) is 13.5. The molecule has 1 aliphatic carbocycles. The van der Waals surface area contributed by atoms with Gasteiger partial charge in [-0.15, -0.1) is 0 Å². The van der Waals surface area contributed by atoms with E-state index in [0.29, 0.717) is 0 Å². The van der Waals surface area contributed by atoms with Gasteiger partial charge in [0.2, 0.25) is 0 Å². The van der Waals surface area contributed by atoms with Gasteiger partial charge in [0.25, 0.3) is 0 Å². The lowest BCUT2D eigenvalue weighted by Crippen LogP contribution is -2.61. The fourth-order valence-corrected chi connectivity index (χ4v) is 13.5. The molecule has 0 saturated carbocycles. The van der Waals surface area contributed by atoms with Crippen LogP contribution in [0.1, 0.15) is 75.6 Å². The SMILES string of the molecule is CCCCc1ccc(N2B3c4cc5c(-c6ccccc6)oc(-c6ccccc6)c5cc4N(c4ccc(CCCC)cc4-c4ccccc4)c4cc5c(oc6ccccc65)c(c43)-c3cc4c(cc32)C(C)(C)c2ccccc2-4)cc1. The van der Waals surface area contributed by atoms with Gasteiger partial charge >= 0.3 is 6.85 Å². The molecule has 0 bridgehead atoms. The molecule has 0 radical (unpaired) electrons. The summed E-state index contributed by atoms with van der Waals surface area (Å²) in [5.41, 5.74) is 24.5. The van der Waals surface area contributed by atoms with Crippen molar-refractivity contribution in [1.82, 2.24) is 0 Å². The van der Waals surface area contributed by atoms with Gasteiger partial charge in [-0.1, -0.05) is 198 Å². The molecule has 4 heterocycles. The Morgan fingerprint density at radius 1 is 0.436 bits per heavy atom. The molecular weight excluding hydrogens is 948 g/mol. The van der Waals surface area contributed by atoms with Crippen LogP contribution in [-0.2, 0) is 18.3 Å². The van der Waals surface area contributed by atoms with Crippen LogP contribution in [0.2, 0.25) is 0 Å². The minimum Gasteiger partial charge on any atom is -0.455 e. The molecule has 0 saturated heterocycles. The van der Waals surface area contributed by atoms with Gasteiger partial charge in [-0.05, 0) is 130 Å². The molecular formula is C73H59BN2O2. The number of unbranched alkanes of at least 4 members (excludes halogenated alkanes) is 2. The zero-order chi connectivity index (χ0) is 52.2. The Hall–Kier alpha value is -8.80. The maximum atomic E-state index is 7.33. The number of fused-ring (bicyclic) bond motifs is 12. The van der Waals surface area contributed by atoms with Crippen molar-refractivity contribution in [1.29, 1.82) is 0 Å². The summed E-state index contributed by atoms with van der Waals surface area (Å²) in [6.07, 6.45) is 6.64. The highest BCUT2D eigenvalue weighted by molar-refractivity contribution is 6.94. The van der Waals surface area contributed by atoms with E-state index in [1.807, 2.05) is 0 Å². The van der Waals surface area contributed by atoms with Gasteiger partial charge in [-0.25, -0.2) is 0 Å². The molecule has 10 aromatic carbocycles. The largest absolute Gasteiger partial charge is 0.455 e. The third kappa shape index (κ3) is 7.06. The monoisotopic (exact) mass is 1010 g/mol. The van der Waals surface area contributed by atoms with Crippen molar-refractivity contribution >= 4 is 78.9 Å². The lowest BCUT2D eigenvalue weighted by atomic mass is 9.43. The Balaban J connectivity index is 1.13. The fraction of sp³-hybridized carbons (Fsp3) is 0.151. The standard InChI is InChI=1S/C73H59BN2O2/c1-5-7-22-46-34-37-51(38-35-46)76-64-45-61-55(52-30-18-20-32-60(52)73(61,3)4)41-59(64)68-69-66(44-57-53-31-19-21-33-67(53)77-72(57)68)75(63-39-36-47(23-8-6-2)40-54(63)48-24-12-9-13-25-48)65-43-58-56(42-62(65)74(69)76)70(49-26-14-10-15-27-49)78-71(58)50-28-16-11-17-29-50/h9-21,24-45H,5-8,22-23H2,1-4H3. The maximum Gasteiger partial charge on any atom is 0.333 e. The second-order valence-electron chi connectivity index (χ2n) is 22.4. The summed E-state index contributed by atoms with van der Waals surface area (Å²) in [6, 6.07) is 79.3. The highest BCUT2D eigenvalue weighted by atomic mass is 16.3. The van der Waals surface area contributed by atoms with Crippen LogP contribution in [0.5, 0.6) is 0 Å². The third-order valence-electron chi connectivity index (χ3n) is 17.4. The van der Waals surface area contributed by atoms with E-state index in [1.165, 1.54) is 66.7 Å². The van der Waals surface area contributed by atoms with Crippen molar-refractivity contribution in [2.45, 2.75) is 71.6 Å². The highest BCUT2D eigenvalue weighted by Gasteiger charge is 2.49. The molecule has 15 rings (SSSR count). The smallest absolute Gasteiger partial charge is 0.333 e. The van der Waals surface area contributed by atoms with Gasteiger partial charge in [0, 0.05) is 77.5 Å². The van der Waals surface area contributed by atoms with E-state index in [1.54, 1.807) is 0 Å². The number of anilines is 5. The molecule has 0 atom stereocenters. The number of hydrogen-bond donors (Lipinski definition) is 0. The van der Waals surface area contributed by atoms with Gasteiger partial charge in [0.05, 0.1) is 5.69 Å². The summed E-state index contributed by atoms with van der Waals surface area (Å²) in [4.78, 5) is 5.30. The predicted molar refractivity (Wildman–Crippen MR) is 328 cm³/mol. The molecule has 0 N–H and O–H groups in total. The second-order valence-corrected chi connectivity index (χ2v) is 22.4. The molecule has 0 spiro atoms. The number of benzene rings is 10. The van der Waals surface area contributed by atoms with Crippen LogP contribution in [0.25, 0.3) is 88.7 Å². The van der Waals surface area contributed by atoms with Gasteiger partial charge in [-0.2, -0.15) is 0 Å². The van der Waals surface area contributed by atoms with E-state index in [0.717, 1.165) is 122 Å². The summed E-state index contributed by atoms with van der Waals surface area (Å²) in [5.74, 6) is 1.72. The molecule has 0 fully saturated rings. The average molecular weight is 1010 g/mol. The molecule has 3 aliphatic rings. The molecule has 376 valence electrons. The van der Waals surface area contributed by atoms with Crippen molar-refractivity contribution < 1.29 is 8.83 Å². The van der Waals surface area contributed by atoms with Crippen molar-refractivity contribution in [2.75, 3.05) is 9.71 Å². The Morgan fingerprint density at radius 3 is 1.77 bits per heavy atom. The van der Waals surface area contributed by atoms with Gasteiger partial charge in [-0.3, -0.25) is 0 Å². The first kappa shape index (κ1) is 46.5. The summed E-state index contributed by atoms with van der Waals surface area (Å²) < 4.78 is 14.6. The first-order chi connectivity index (χ1) is 38.4. The number of aryl methyl sites for hydroxylation is 2. The Bertz CT molecular complexity index is 4320. The van der Waals surface area contributed by atoms with Gasteiger partial charge in [0.15, 0.2) is 0 Å². The van der Waals surface area contributed by atoms with Crippen LogP contribution >= 0.6 is 0 Å². The normalized spacial score (nSPS) is 13.7. The average Bonchev–Trinajstić information content (AvgIpc) is 2.83. The molecule has 4 nitrogen and oxygen atoms in total. The van der Waals surface area contributed by atoms with Crippen molar-refractivity contribution in [3.05, 3.63) is 235 Å². The lowest BCUT2D eigenvalue weighted by Gasteiger charge is -2.46. The van der Waals surface area contributed by atoms with E-state index >= 15 is 0 Å². The van der Waals surface area contributed by atoms with E-state index in [2.05, 4.69) is 250 Å². The quantitative estimate of drug-likeness (QED) is 0.121. The Kier molecular flexibility index (Phi) is 10.8. The third-order valence-corrected chi connectivity index (χ3v) is 17.4. The van der Waals surface area contributed by atoms with E-state index < -0.39 is 0 Å². The Labute approximate surface area is 457 Å². The summed E-state index contributed by atoms with van der Waals surface area (Å²) in [7, 11) is 0. The van der Waals surface area contributed by atoms with Crippen LogP contribution in [0.3, 0.4) is 0 Å². The van der Waals surface area contributed by atoms with Crippen molar-refractivity contribution in [3.63, 3.8) is 0 Å². The van der Waals surface area contributed by atoms with Gasteiger partial charge < -0.3 is 18.5 Å². The summed E-state index contributed by atoms with van der Waals surface area (Å²) >= 11 is 0. The van der Waals surface area contributed by atoms with Crippen molar-refractivity contribution in [3.8, 4) is 56.0 Å². The molecule has 78 heavy (non-hydrogen) atoms. The lowest BCUT2D eigenvalue weighted by molar-refractivity contribution is 0.602. The first-order valence-corrected chi connectivity index (χ1v) is 28.2. The number of rotatable bonds is 11. The predicted octanol–water partition coefficient (Wildman–Crippen LogP) is 19.0. The molecule has 2 aliphatic heterocycles. The number of hydrogen-bond acceptors (Lipinski definition) is 4. The molecule has 2 aromatic heterocycles. The first-order valence-electron chi connectivity index (χ1n) is 28.2. The molecule has 0 unspecified atom stereocenters. The van der Waals surface area contributed by atoms with E-state index in [9.17, 15) is 0 Å². The van der Waals surface area contributed by atoms with Crippen LogP contribution in [0.15, 0.2) is 221 Å². The van der Waals surface area contributed by atoms with E-state index in [-0.39, 0.29) is 12.3 Å². The Morgan fingerprint density at radius 2 is 1.05 bits per heavy atom. The number of nitrogens with zero attached hydrogens (tertiary/aromatic N) is 2. The maximum absolute atomic E-state index is 7.33. The topological polar surface area (TPSA) is 32.8 Å². The molecule has 0 amide bonds. The molecule has 12 aromatic rings. The van der Waals surface area contributed by atoms with Crippen LogP contribution in [0.4, 0.5) is 28.4 Å². The summed E-state index contributed by atoms with van der Waals surface area (Å²) in [6.45, 7) is 9.08.